The van der Waals surface area contributed by atoms with Crippen LogP contribution in [0.3, 0.4) is 0 Å². The van der Waals surface area contributed by atoms with Gasteiger partial charge in [-0.05, 0) is 12.5 Å². The molecule has 0 radical (unpaired) electrons. The summed E-state index contributed by atoms with van der Waals surface area (Å²) in [5, 5.41) is 0. The minimum absolute atomic E-state index is 0.669. The molecular weight excluding hydrogens is 152 g/mol. The summed E-state index contributed by atoms with van der Waals surface area (Å²) < 4.78 is 0. The van der Waals surface area contributed by atoms with Crippen molar-refractivity contribution in [3.05, 3.63) is 12.2 Å². The number of unbranched alkanes of at least 4 members (excludes halogenated alkanes) is 1. The van der Waals surface area contributed by atoms with Gasteiger partial charge >= 0.3 is 0 Å². The van der Waals surface area contributed by atoms with Gasteiger partial charge in [-0.1, -0.05) is 31.8 Å². The first-order valence-electron chi connectivity index (χ1n) is 4.15. The lowest BCUT2D eigenvalue weighted by Crippen LogP contribution is -2.17. The monoisotopic (exact) mass is 170 g/mol. The van der Waals surface area contributed by atoms with E-state index >= 15 is 0 Å². The maximum Gasteiger partial charge on any atom is 0.120 e. The van der Waals surface area contributed by atoms with E-state index in [4.69, 9.17) is 0 Å². The van der Waals surface area contributed by atoms with Crippen LogP contribution in [-0.4, -0.2) is 14.4 Å². The Bertz CT molecular complexity index is 133. The van der Waals surface area contributed by atoms with Crippen LogP contribution in [-0.2, 0) is 4.79 Å². The molecule has 0 saturated heterocycles. The molecule has 0 aromatic rings. The standard InChI is InChI=1S/C9H18OSi/c1-11(2,3)9-7-5-4-6-8-10/h5,7-8H,4,6,9H2,1-3H3/b7-5-. The van der Waals surface area contributed by atoms with Crippen molar-refractivity contribution in [3.63, 3.8) is 0 Å². The average Bonchev–Trinajstić information content (AvgIpc) is 1.85. The molecule has 64 valence electrons. The summed E-state index contributed by atoms with van der Waals surface area (Å²) in [5.74, 6) is 0. The van der Waals surface area contributed by atoms with Gasteiger partial charge in [0.25, 0.3) is 0 Å². The topological polar surface area (TPSA) is 17.1 Å². The van der Waals surface area contributed by atoms with E-state index in [1.807, 2.05) is 0 Å². The van der Waals surface area contributed by atoms with Gasteiger partial charge in [-0.2, -0.15) is 0 Å². The highest BCUT2D eigenvalue weighted by Crippen LogP contribution is 2.08. The van der Waals surface area contributed by atoms with E-state index < -0.39 is 8.07 Å². The van der Waals surface area contributed by atoms with Crippen molar-refractivity contribution in [2.24, 2.45) is 0 Å². The highest BCUT2D eigenvalue weighted by molar-refractivity contribution is 6.76. The van der Waals surface area contributed by atoms with Crippen molar-refractivity contribution in [2.45, 2.75) is 38.5 Å². The molecule has 0 N–H and O–H groups in total. The molecular formula is C9H18OSi. The molecule has 0 fully saturated rings. The Morgan fingerprint density at radius 2 is 1.73 bits per heavy atom. The van der Waals surface area contributed by atoms with Gasteiger partial charge in [0.05, 0.1) is 0 Å². The van der Waals surface area contributed by atoms with E-state index in [0.717, 1.165) is 12.7 Å². The van der Waals surface area contributed by atoms with Crippen molar-refractivity contribution in [2.75, 3.05) is 0 Å². The zero-order valence-electron chi connectivity index (χ0n) is 7.76. The molecule has 2 heteroatoms. The fourth-order valence-electron chi connectivity index (χ4n) is 0.719. The zero-order valence-corrected chi connectivity index (χ0v) is 8.76. The molecule has 0 aromatic carbocycles. The van der Waals surface area contributed by atoms with E-state index in [2.05, 4.69) is 31.8 Å². The third kappa shape index (κ3) is 9.63. The van der Waals surface area contributed by atoms with Crippen molar-refractivity contribution in [1.29, 1.82) is 0 Å². The molecule has 0 aromatic heterocycles. The second-order valence-corrected chi connectivity index (χ2v) is 9.51. The molecule has 0 heterocycles. The quantitative estimate of drug-likeness (QED) is 0.268. The van der Waals surface area contributed by atoms with Crippen molar-refractivity contribution in [3.8, 4) is 0 Å². The van der Waals surface area contributed by atoms with Crippen LogP contribution in [0.15, 0.2) is 12.2 Å². The number of allylic oxidation sites excluding steroid dienone is 2. The molecule has 0 spiro atoms. The third-order valence-electron chi connectivity index (χ3n) is 1.35. The fraction of sp³-hybridized carbons (Fsp3) is 0.667. The highest BCUT2D eigenvalue weighted by Gasteiger charge is 2.08. The molecule has 0 rings (SSSR count). The predicted octanol–water partition coefficient (Wildman–Crippen LogP) is 2.86. The summed E-state index contributed by atoms with van der Waals surface area (Å²) in [6.07, 6.45) is 6.89. The smallest absolute Gasteiger partial charge is 0.120 e. The van der Waals surface area contributed by atoms with Gasteiger partial charge < -0.3 is 4.79 Å². The Hall–Kier alpha value is -0.373. The van der Waals surface area contributed by atoms with Crippen molar-refractivity contribution in [1.82, 2.24) is 0 Å². The van der Waals surface area contributed by atoms with E-state index in [0.29, 0.717) is 6.42 Å². The predicted molar refractivity (Wildman–Crippen MR) is 52.6 cm³/mol. The van der Waals surface area contributed by atoms with Crippen LogP contribution in [0.1, 0.15) is 12.8 Å². The van der Waals surface area contributed by atoms with Crippen LogP contribution in [0.5, 0.6) is 0 Å². The number of carbonyl (C=O) groups is 1. The van der Waals surface area contributed by atoms with Gasteiger partial charge in [0.2, 0.25) is 0 Å². The van der Waals surface area contributed by atoms with Gasteiger partial charge in [-0.3, -0.25) is 0 Å². The lowest BCUT2D eigenvalue weighted by molar-refractivity contribution is -0.107. The molecule has 0 atom stereocenters. The molecule has 0 aliphatic carbocycles. The normalized spacial score (nSPS) is 12.3. The van der Waals surface area contributed by atoms with Crippen LogP contribution < -0.4 is 0 Å². The lowest BCUT2D eigenvalue weighted by atomic mass is 10.3. The summed E-state index contributed by atoms with van der Waals surface area (Å²) in [7, 11) is -0.893. The Morgan fingerprint density at radius 3 is 2.18 bits per heavy atom. The molecule has 1 nitrogen and oxygen atoms in total. The molecule has 0 saturated carbocycles. The molecule has 0 bridgehead atoms. The summed E-state index contributed by atoms with van der Waals surface area (Å²) >= 11 is 0. The first kappa shape index (κ1) is 10.6. The molecule has 0 aliphatic heterocycles. The average molecular weight is 170 g/mol. The summed E-state index contributed by atoms with van der Waals surface area (Å²) in [4.78, 5) is 9.94. The Kier molecular flexibility index (Phi) is 5.12. The maximum atomic E-state index is 9.94. The van der Waals surface area contributed by atoms with E-state index in [9.17, 15) is 4.79 Å². The fourth-order valence-corrected chi connectivity index (χ4v) is 1.59. The Labute approximate surface area is 70.5 Å². The second kappa shape index (κ2) is 5.30. The van der Waals surface area contributed by atoms with Crippen LogP contribution in [0.2, 0.25) is 25.7 Å². The Morgan fingerprint density at radius 1 is 1.09 bits per heavy atom. The van der Waals surface area contributed by atoms with E-state index in [1.54, 1.807) is 0 Å². The summed E-state index contributed by atoms with van der Waals surface area (Å²) in [6, 6.07) is 1.23. The van der Waals surface area contributed by atoms with Crippen LogP contribution >= 0.6 is 0 Å². The number of rotatable bonds is 5. The number of aldehydes is 1. The summed E-state index contributed by atoms with van der Waals surface area (Å²) in [5.41, 5.74) is 0. The molecule has 11 heavy (non-hydrogen) atoms. The van der Waals surface area contributed by atoms with Gasteiger partial charge in [-0.25, -0.2) is 0 Å². The first-order valence-corrected chi connectivity index (χ1v) is 7.85. The summed E-state index contributed by atoms with van der Waals surface area (Å²) in [6.45, 7) is 7.03. The largest absolute Gasteiger partial charge is 0.303 e. The first-order chi connectivity index (χ1) is 5.06. The van der Waals surface area contributed by atoms with Crippen LogP contribution in [0.4, 0.5) is 0 Å². The molecule has 0 amide bonds. The van der Waals surface area contributed by atoms with Gasteiger partial charge in [-0.15, -0.1) is 0 Å². The van der Waals surface area contributed by atoms with Crippen molar-refractivity contribution < 1.29 is 4.79 Å². The minimum Gasteiger partial charge on any atom is -0.303 e. The SMILES string of the molecule is C[Si](C)(C)C/C=C\CCC=O. The number of carbonyl (C=O) groups excluding carboxylic acids is 1. The highest BCUT2D eigenvalue weighted by atomic mass is 28.3. The maximum absolute atomic E-state index is 9.94. The van der Waals surface area contributed by atoms with Gasteiger partial charge in [0.15, 0.2) is 0 Å². The van der Waals surface area contributed by atoms with Crippen molar-refractivity contribution >= 4 is 14.4 Å². The van der Waals surface area contributed by atoms with Gasteiger partial charge in [0, 0.05) is 14.5 Å². The Balaban J connectivity index is 3.37. The third-order valence-corrected chi connectivity index (χ3v) is 2.81. The van der Waals surface area contributed by atoms with Crippen LogP contribution in [0, 0.1) is 0 Å². The second-order valence-electron chi connectivity index (χ2n) is 3.98. The number of hydrogen-bond acceptors (Lipinski definition) is 1. The molecule has 0 aliphatic rings. The van der Waals surface area contributed by atoms with Gasteiger partial charge in [0.1, 0.15) is 6.29 Å². The van der Waals surface area contributed by atoms with E-state index in [-0.39, 0.29) is 0 Å². The lowest BCUT2D eigenvalue weighted by Gasteiger charge is -2.11. The zero-order chi connectivity index (χ0) is 8.74. The van der Waals surface area contributed by atoms with E-state index in [1.165, 1.54) is 6.04 Å². The minimum atomic E-state index is -0.893. The van der Waals surface area contributed by atoms with Crippen LogP contribution in [0.25, 0.3) is 0 Å². The number of hydrogen-bond donors (Lipinski definition) is 0. The molecule has 0 unspecified atom stereocenters.